The average molecular weight is 282 g/mol. The minimum Gasteiger partial charge on any atom is -0.497 e. The van der Waals surface area contributed by atoms with Crippen LogP contribution in [0.15, 0.2) is 24.3 Å². The van der Waals surface area contributed by atoms with Crippen LogP contribution in [0.3, 0.4) is 0 Å². The molecular formula is C15H22O5. The molecule has 0 unspecified atom stereocenters. The van der Waals surface area contributed by atoms with E-state index in [0.29, 0.717) is 13.0 Å². The molecule has 1 fully saturated rings. The Bertz CT molecular complexity index is 405. The zero-order valence-electron chi connectivity index (χ0n) is 12.1. The monoisotopic (exact) mass is 282 g/mol. The fraction of sp³-hybridized carbons (Fsp3) is 0.600. The molecule has 1 N–H and O–H groups in total. The standard InChI is InChI=1S/C15H22O5/c1-10-13(16)8-14(15(18-3)20-10)19-9-11-4-6-12(17-2)7-5-11/h4-7,10,13-16H,8-9H2,1-3H3/t10-,13+,14+,15+/m1/s1. The van der Waals surface area contributed by atoms with E-state index >= 15 is 0 Å². The van der Waals surface area contributed by atoms with Crippen LogP contribution in [-0.2, 0) is 20.8 Å². The SMILES string of the molecule is COc1ccc(CO[C@H]2C[C@H](O)[C@@H](C)O[C@@H]2OC)cc1. The first-order valence-corrected chi connectivity index (χ1v) is 6.75. The van der Waals surface area contributed by atoms with Crippen molar-refractivity contribution in [1.82, 2.24) is 0 Å². The van der Waals surface area contributed by atoms with Crippen LogP contribution in [0, 0.1) is 0 Å². The van der Waals surface area contributed by atoms with Gasteiger partial charge >= 0.3 is 0 Å². The van der Waals surface area contributed by atoms with E-state index in [1.807, 2.05) is 31.2 Å². The van der Waals surface area contributed by atoms with E-state index in [0.717, 1.165) is 11.3 Å². The molecule has 1 aromatic carbocycles. The quantitative estimate of drug-likeness (QED) is 0.891. The molecule has 20 heavy (non-hydrogen) atoms. The number of aliphatic hydroxyl groups excluding tert-OH is 1. The largest absolute Gasteiger partial charge is 0.497 e. The number of methoxy groups -OCH3 is 2. The molecule has 1 heterocycles. The summed E-state index contributed by atoms with van der Waals surface area (Å²) in [6.45, 7) is 2.27. The number of hydrogen-bond acceptors (Lipinski definition) is 5. The van der Waals surface area contributed by atoms with Gasteiger partial charge in [0.25, 0.3) is 0 Å². The molecule has 1 aromatic rings. The molecule has 5 heteroatoms. The van der Waals surface area contributed by atoms with Crippen molar-refractivity contribution >= 4 is 0 Å². The smallest absolute Gasteiger partial charge is 0.183 e. The summed E-state index contributed by atoms with van der Waals surface area (Å²) in [5.74, 6) is 0.814. The van der Waals surface area contributed by atoms with E-state index in [9.17, 15) is 5.11 Å². The Hall–Kier alpha value is -1.14. The second-order valence-electron chi connectivity index (χ2n) is 4.95. The summed E-state index contributed by atoms with van der Waals surface area (Å²) in [7, 11) is 3.22. The van der Waals surface area contributed by atoms with E-state index in [2.05, 4.69) is 0 Å². The molecule has 2 rings (SSSR count). The van der Waals surface area contributed by atoms with E-state index in [4.69, 9.17) is 18.9 Å². The van der Waals surface area contributed by atoms with Gasteiger partial charge in [0.1, 0.15) is 11.9 Å². The van der Waals surface area contributed by atoms with Crippen molar-refractivity contribution in [3.8, 4) is 5.75 Å². The summed E-state index contributed by atoms with van der Waals surface area (Å²) in [6, 6.07) is 7.67. The maximum Gasteiger partial charge on any atom is 0.183 e. The summed E-state index contributed by atoms with van der Waals surface area (Å²) in [5.41, 5.74) is 1.04. The van der Waals surface area contributed by atoms with Crippen molar-refractivity contribution in [3.63, 3.8) is 0 Å². The fourth-order valence-electron chi connectivity index (χ4n) is 2.21. The molecule has 0 amide bonds. The molecule has 0 bridgehead atoms. The van der Waals surface area contributed by atoms with E-state index in [1.165, 1.54) is 0 Å². The van der Waals surface area contributed by atoms with Gasteiger partial charge in [0, 0.05) is 13.5 Å². The minimum atomic E-state index is -0.526. The molecule has 0 saturated carbocycles. The van der Waals surface area contributed by atoms with Crippen LogP contribution in [0.25, 0.3) is 0 Å². The molecule has 112 valence electrons. The lowest BCUT2D eigenvalue weighted by atomic mass is 10.0. The highest BCUT2D eigenvalue weighted by molar-refractivity contribution is 5.26. The Morgan fingerprint density at radius 1 is 1.25 bits per heavy atom. The summed E-state index contributed by atoms with van der Waals surface area (Å²) in [4.78, 5) is 0. The molecule has 1 saturated heterocycles. The zero-order valence-corrected chi connectivity index (χ0v) is 12.1. The molecule has 0 radical (unpaired) electrons. The molecule has 0 spiro atoms. The lowest BCUT2D eigenvalue weighted by molar-refractivity contribution is -0.264. The van der Waals surface area contributed by atoms with Gasteiger partial charge in [-0.25, -0.2) is 0 Å². The first-order valence-electron chi connectivity index (χ1n) is 6.75. The normalized spacial score (nSPS) is 30.2. The second-order valence-corrected chi connectivity index (χ2v) is 4.95. The maximum atomic E-state index is 9.85. The van der Waals surface area contributed by atoms with Crippen LogP contribution < -0.4 is 4.74 Å². The number of aliphatic hydroxyl groups is 1. The van der Waals surface area contributed by atoms with Crippen molar-refractivity contribution < 1.29 is 24.1 Å². The van der Waals surface area contributed by atoms with Crippen molar-refractivity contribution in [1.29, 1.82) is 0 Å². The van der Waals surface area contributed by atoms with Gasteiger partial charge in [0.2, 0.25) is 0 Å². The highest BCUT2D eigenvalue weighted by Gasteiger charge is 2.35. The van der Waals surface area contributed by atoms with Crippen LogP contribution in [0.1, 0.15) is 18.9 Å². The molecule has 1 aliphatic rings. The molecular weight excluding hydrogens is 260 g/mol. The number of hydrogen-bond donors (Lipinski definition) is 1. The lowest BCUT2D eigenvalue weighted by Gasteiger charge is -2.37. The minimum absolute atomic E-state index is 0.235. The van der Waals surface area contributed by atoms with Gasteiger partial charge in [-0.1, -0.05) is 12.1 Å². The number of benzene rings is 1. The summed E-state index contributed by atoms with van der Waals surface area (Å²) >= 11 is 0. The highest BCUT2D eigenvalue weighted by atomic mass is 16.7. The Morgan fingerprint density at radius 3 is 2.55 bits per heavy atom. The topological polar surface area (TPSA) is 57.2 Å². The first kappa shape index (κ1) is 15.3. The Morgan fingerprint density at radius 2 is 1.95 bits per heavy atom. The van der Waals surface area contributed by atoms with Crippen molar-refractivity contribution in [2.24, 2.45) is 0 Å². The molecule has 0 aliphatic carbocycles. The summed E-state index contributed by atoms with van der Waals surface area (Å²) in [6.07, 6.45) is -0.960. The van der Waals surface area contributed by atoms with Crippen LogP contribution >= 0.6 is 0 Å². The van der Waals surface area contributed by atoms with Gasteiger partial charge in [-0.15, -0.1) is 0 Å². The van der Waals surface area contributed by atoms with E-state index < -0.39 is 12.4 Å². The van der Waals surface area contributed by atoms with Gasteiger partial charge < -0.3 is 24.1 Å². The third kappa shape index (κ3) is 3.70. The third-order valence-corrected chi connectivity index (χ3v) is 3.52. The molecule has 0 aromatic heterocycles. The van der Waals surface area contributed by atoms with Crippen molar-refractivity contribution in [2.75, 3.05) is 14.2 Å². The van der Waals surface area contributed by atoms with Crippen LogP contribution in [-0.4, -0.2) is 43.9 Å². The van der Waals surface area contributed by atoms with Gasteiger partial charge in [-0.05, 0) is 24.6 Å². The van der Waals surface area contributed by atoms with Gasteiger partial charge in [-0.2, -0.15) is 0 Å². The number of ether oxygens (including phenoxy) is 4. The second kappa shape index (κ2) is 7.04. The Kier molecular flexibility index (Phi) is 5.37. The molecule has 5 nitrogen and oxygen atoms in total. The lowest BCUT2D eigenvalue weighted by Crippen LogP contribution is -2.47. The maximum absolute atomic E-state index is 9.85. The van der Waals surface area contributed by atoms with Gasteiger partial charge in [-0.3, -0.25) is 0 Å². The molecule has 4 atom stereocenters. The van der Waals surface area contributed by atoms with E-state index in [-0.39, 0.29) is 12.2 Å². The van der Waals surface area contributed by atoms with Crippen molar-refractivity contribution in [2.45, 2.75) is 44.6 Å². The Balaban J connectivity index is 1.90. The molecule has 1 aliphatic heterocycles. The van der Waals surface area contributed by atoms with Crippen LogP contribution in [0.4, 0.5) is 0 Å². The summed E-state index contributed by atoms with van der Waals surface area (Å²) in [5, 5.41) is 9.85. The number of rotatable bonds is 5. The van der Waals surface area contributed by atoms with Crippen LogP contribution in [0.5, 0.6) is 5.75 Å². The first-order chi connectivity index (χ1) is 9.63. The highest BCUT2D eigenvalue weighted by Crippen LogP contribution is 2.24. The van der Waals surface area contributed by atoms with Gasteiger partial charge in [0.15, 0.2) is 6.29 Å². The van der Waals surface area contributed by atoms with Gasteiger partial charge in [0.05, 0.1) is 25.9 Å². The summed E-state index contributed by atoms with van der Waals surface area (Å²) < 4.78 is 21.8. The third-order valence-electron chi connectivity index (χ3n) is 3.52. The van der Waals surface area contributed by atoms with Crippen LogP contribution in [0.2, 0.25) is 0 Å². The predicted octanol–water partition coefficient (Wildman–Crippen LogP) is 1.72. The van der Waals surface area contributed by atoms with Crippen molar-refractivity contribution in [3.05, 3.63) is 29.8 Å². The predicted molar refractivity (Wildman–Crippen MR) is 73.5 cm³/mol. The average Bonchev–Trinajstić information content (AvgIpc) is 2.48. The zero-order chi connectivity index (χ0) is 14.5. The Labute approximate surface area is 119 Å². The fourth-order valence-corrected chi connectivity index (χ4v) is 2.21. The van der Waals surface area contributed by atoms with E-state index in [1.54, 1.807) is 14.2 Å².